The summed E-state index contributed by atoms with van der Waals surface area (Å²) in [5, 5.41) is 0.503. The highest BCUT2D eigenvalue weighted by Crippen LogP contribution is 2.08. The summed E-state index contributed by atoms with van der Waals surface area (Å²) in [6, 6.07) is 1.91. The molecule has 0 unspecified atom stereocenters. The molecule has 0 aliphatic rings. The van der Waals surface area contributed by atoms with E-state index >= 15 is 0 Å². The van der Waals surface area contributed by atoms with Gasteiger partial charge in [0.1, 0.15) is 6.67 Å². The van der Waals surface area contributed by atoms with Crippen molar-refractivity contribution in [2.24, 2.45) is 15.7 Å². The first-order chi connectivity index (χ1) is 10.0. The van der Waals surface area contributed by atoms with Gasteiger partial charge in [0, 0.05) is 48.8 Å². The van der Waals surface area contributed by atoms with Gasteiger partial charge in [0.2, 0.25) is 0 Å². The molecule has 0 aliphatic heterocycles. The molecule has 0 saturated carbocycles. The summed E-state index contributed by atoms with van der Waals surface area (Å²) in [6.45, 7) is 3.68. The van der Waals surface area contributed by atoms with Gasteiger partial charge < -0.3 is 5.73 Å². The Labute approximate surface area is 124 Å². The highest BCUT2D eigenvalue weighted by Gasteiger charge is 1.98. The van der Waals surface area contributed by atoms with Crippen molar-refractivity contribution in [3.63, 3.8) is 0 Å². The summed E-state index contributed by atoms with van der Waals surface area (Å²) < 4.78 is 12.6. The van der Waals surface area contributed by atoms with Crippen LogP contribution < -0.4 is 5.73 Å². The lowest BCUT2D eigenvalue weighted by molar-refractivity contribution is 0.0648. The summed E-state index contributed by atoms with van der Waals surface area (Å²) in [6.07, 6.45) is 10.1. The van der Waals surface area contributed by atoms with Crippen molar-refractivity contribution in [1.29, 1.82) is 0 Å². The van der Waals surface area contributed by atoms with Crippen LogP contribution in [0, 0.1) is 6.92 Å². The van der Waals surface area contributed by atoms with Crippen LogP contribution in [0.3, 0.4) is 0 Å². The molecular weight excluding hydrogens is 269 g/mol. The lowest BCUT2D eigenvalue weighted by atomic mass is 10.1. The van der Waals surface area contributed by atoms with E-state index in [-0.39, 0.29) is 6.67 Å². The highest BCUT2D eigenvalue weighted by molar-refractivity contribution is 5.82. The Hall–Kier alpha value is -2.34. The molecule has 0 radical (unpaired) electrons. The van der Waals surface area contributed by atoms with Crippen LogP contribution in [0.1, 0.15) is 23.7 Å². The van der Waals surface area contributed by atoms with Crippen LogP contribution in [-0.4, -0.2) is 36.3 Å². The SMILES string of the molecule is CC=N/C=C(N)\C=C\c1cnc(C)c(/C=N\CN(C)F)c1. The van der Waals surface area contributed by atoms with Crippen molar-refractivity contribution < 1.29 is 4.48 Å². The molecule has 1 heterocycles. The molecule has 5 nitrogen and oxygen atoms in total. The van der Waals surface area contributed by atoms with Gasteiger partial charge in [-0.1, -0.05) is 6.08 Å². The normalized spacial score (nSPS) is 13.3. The van der Waals surface area contributed by atoms with Crippen molar-refractivity contribution in [2.45, 2.75) is 13.8 Å². The van der Waals surface area contributed by atoms with Gasteiger partial charge in [0.05, 0.1) is 0 Å². The fraction of sp³-hybridized carbons (Fsp3) is 0.267. The van der Waals surface area contributed by atoms with E-state index in [1.807, 2.05) is 26.0 Å². The van der Waals surface area contributed by atoms with Crippen LogP contribution >= 0.6 is 0 Å². The van der Waals surface area contributed by atoms with Gasteiger partial charge in [-0.15, -0.1) is 9.60 Å². The number of aromatic nitrogens is 1. The number of aryl methyl sites for hydroxylation is 1. The van der Waals surface area contributed by atoms with Crippen LogP contribution in [-0.2, 0) is 0 Å². The van der Waals surface area contributed by atoms with Crippen molar-refractivity contribution in [3.8, 4) is 0 Å². The molecule has 0 saturated heterocycles. The summed E-state index contributed by atoms with van der Waals surface area (Å²) in [7, 11) is 1.31. The first kappa shape index (κ1) is 16.7. The number of nitrogens with two attached hydrogens (primary N) is 1. The third-order valence-electron chi connectivity index (χ3n) is 2.50. The number of halogens is 1. The molecule has 2 N–H and O–H groups in total. The Morgan fingerprint density at radius 3 is 2.95 bits per heavy atom. The van der Waals surface area contributed by atoms with E-state index in [0.29, 0.717) is 10.8 Å². The number of aliphatic imine (C=N–C) groups is 2. The molecule has 0 fully saturated rings. The van der Waals surface area contributed by atoms with Crippen molar-refractivity contribution in [2.75, 3.05) is 13.7 Å². The molecule has 6 heteroatoms. The molecular formula is C15H20FN5. The standard InChI is InChI=1S/C15H20FN5/c1-4-18-10-15(17)6-5-13-7-14(12(2)20-8-13)9-19-11-21(3)16/h4-10H,11,17H2,1-3H3/b6-5+,15-10+,18-4?,19-9-. The second kappa shape index (κ2) is 8.76. The Morgan fingerprint density at radius 2 is 2.29 bits per heavy atom. The molecule has 0 atom stereocenters. The second-order valence-corrected chi connectivity index (χ2v) is 4.37. The smallest absolute Gasteiger partial charge is 0.119 e. The van der Waals surface area contributed by atoms with Crippen LogP contribution in [0.15, 0.2) is 40.2 Å². The maximum atomic E-state index is 12.6. The van der Waals surface area contributed by atoms with Gasteiger partial charge in [-0.2, -0.15) is 0 Å². The van der Waals surface area contributed by atoms with Gasteiger partial charge in [0.25, 0.3) is 0 Å². The lowest BCUT2D eigenvalue weighted by Crippen LogP contribution is -2.05. The lowest BCUT2D eigenvalue weighted by Gasteiger charge is -2.02. The largest absolute Gasteiger partial charge is 0.397 e. The van der Waals surface area contributed by atoms with Crippen LogP contribution in [0.5, 0.6) is 0 Å². The van der Waals surface area contributed by atoms with Gasteiger partial charge >= 0.3 is 0 Å². The average molecular weight is 289 g/mol. The molecule has 1 rings (SSSR count). The van der Waals surface area contributed by atoms with Crippen molar-refractivity contribution in [1.82, 2.24) is 10.1 Å². The molecule has 1 aromatic heterocycles. The quantitative estimate of drug-likeness (QED) is 0.497. The first-order valence-corrected chi connectivity index (χ1v) is 6.48. The summed E-state index contributed by atoms with van der Waals surface area (Å²) in [5.74, 6) is 0. The number of nitrogens with zero attached hydrogens (tertiary/aromatic N) is 4. The minimum Gasteiger partial charge on any atom is -0.397 e. The van der Waals surface area contributed by atoms with Crippen molar-refractivity contribution in [3.05, 3.63) is 47.1 Å². The van der Waals surface area contributed by atoms with E-state index < -0.39 is 0 Å². The molecule has 0 spiro atoms. The van der Waals surface area contributed by atoms with E-state index in [1.54, 1.807) is 30.9 Å². The fourth-order valence-corrected chi connectivity index (χ4v) is 1.44. The average Bonchev–Trinajstić information content (AvgIpc) is 2.45. The third kappa shape index (κ3) is 6.58. The topological polar surface area (TPSA) is 66.9 Å². The zero-order valence-corrected chi connectivity index (χ0v) is 12.5. The molecule has 1 aromatic rings. The Morgan fingerprint density at radius 1 is 1.52 bits per heavy atom. The zero-order chi connectivity index (χ0) is 15.7. The maximum absolute atomic E-state index is 12.6. The van der Waals surface area contributed by atoms with Crippen LogP contribution in [0.2, 0.25) is 0 Å². The predicted molar refractivity (Wildman–Crippen MR) is 85.8 cm³/mol. The minimum atomic E-state index is -0.00971. The van der Waals surface area contributed by atoms with Gasteiger partial charge in [0.15, 0.2) is 0 Å². The molecule has 21 heavy (non-hydrogen) atoms. The second-order valence-electron chi connectivity index (χ2n) is 4.37. The van der Waals surface area contributed by atoms with E-state index in [4.69, 9.17) is 5.73 Å². The molecule has 0 aliphatic carbocycles. The summed E-state index contributed by atoms with van der Waals surface area (Å²) in [5.41, 5.74) is 8.85. The Bertz CT molecular complexity index is 573. The molecule has 0 aromatic carbocycles. The number of allylic oxidation sites excluding steroid dienone is 1. The maximum Gasteiger partial charge on any atom is 0.119 e. The number of rotatable bonds is 6. The molecule has 0 bridgehead atoms. The molecule has 112 valence electrons. The van der Waals surface area contributed by atoms with Gasteiger partial charge in [-0.25, -0.2) is 0 Å². The van der Waals surface area contributed by atoms with E-state index in [9.17, 15) is 4.48 Å². The highest BCUT2D eigenvalue weighted by atomic mass is 19.2. The van der Waals surface area contributed by atoms with E-state index in [2.05, 4.69) is 15.0 Å². The van der Waals surface area contributed by atoms with Gasteiger partial charge in [-0.3, -0.25) is 15.0 Å². The number of pyridine rings is 1. The number of hydrogen-bond donors (Lipinski definition) is 1. The third-order valence-corrected chi connectivity index (χ3v) is 2.50. The number of hydrogen-bond acceptors (Lipinski definition) is 5. The van der Waals surface area contributed by atoms with E-state index in [1.165, 1.54) is 7.05 Å². The minimum absolute atomic E-state index is 0.00971. The predicted octanol–water partition coefficient (Wildman–Crippen LogP) is 2.49. The summed E-state index contributed by atoms with van der Waals surface area (Å²) in [4.78, 5) is 12.2. The monoisotopic (exact) mass is 289 g/mol. The van der Waals surface area contributed by atoms with Gasteiger partial charge in [-0.05, 0) is 31.6 Å². The Kier molecular flexibility index (Phi) is 6.97. The molecule has 0 amide bonds. The Balaban J connectivity index is 2.86. The van der Waals surface area contributed by atoms with Crippen LogP contribution in [0.4, 0.5) is 4.48 Å². The first-order valence-electron chi connectivity index (χ1n) is 6.48. The fourth-order valence-electron chi connectivity index (χ4n) is 1.44. The summed E-state index contributed by atoms with van der Waals surface area (Å²) >= 11 is 0. The van der Waals surface area contributed by atoms with Crippen molar-refractivity contribution >= 4 is 18.5 Å². The zero-order valence-electron chi connectivity index (χ0n) is 12.5. The van der Waals surface area contributed by atoms with Crippen LogP contribution in [0.25, 0.3) is 6.08 Å². The van der Waals surface area contributed by atoms with E-state index in [0.717, 1.165) is 16.8 Å².